The summed E-state index contributed by atoms with van der Waals surface area (Å²) in [5.74, 6) is 0.958. The van der Waals surface area contributed by atoms with E-state index in [0.29, 0.717) is 29.7 Å². The van der Waals surface area contributed by atoms with Gasteiger partial charge in [0.25, 0.3) is 5.91 Å². The average Bonchev–Trinajstić information content (AvgIpc) is 3.47. The quantitative estimate of drug-likeness (QED) is 0.866. The molecule has 3 aliphatic rings. The Morgan fingerprint density at radius 3 is 3.11 bits per heavy atom. The van der Waals surface area contributed by atoms with Gasteiger partial charge in [0.05, 0.1) is 29.6 Å². The summed E-state index contributed by atoms with van der Waals surface area (Å²) >= 11 is 0. The molecule has 3 saturated heterocycles. The molecule has 6 nitrogen and oxygen atoms in total. The van der Waals surface area contributed by atoms with Crippen LogP contribution in [0.15, 0.2) is 47.1 Å². The molecule has 2 bridgehead atoms. The SMILES string of the molecule is N#Cc1cccc(CN2C[C@@H]3[C@H](CNC(=O)c4ccco4)[C@H]4CC[C@]3(C2)O4)c1. The van der Waals surface area contributed by atoms with Gasteiger partial charge in [-0.3, -0.25) is 9.69 Å². The number of rotatable bonds is 5. The molecule has 2 aromatic rings. The van der Waals surface area contributed by atoms with E-state index < -0.39 is 0 Å². The molecular weight excluding hydrogens is 354 g/mol. The molecule has 1 amide bonds. The molecule has 5 rings (SSSR count). The number of furan rings is 1. The summed E-state index contributed by atoms with van der Waals surface area (Å²) in [6, 6.07) is 13.4. The van der Waals surface area contributed by atoms with Crippen molar-refractivity contribution >= 4 is 5.91 Å². The van der Waals surface area contributed by atoms with Gasteiger partial charge in [0.2, 0.25) is 0 Å². The highest BCUT2D eigenvalue weighted by atomic mass is 16.5. The molecule has 3 fully saturated rings. The molecule has 1 aromatic carbocycles. The Morgan fingerprint density at radius 1 is 1.36 bits per heavy atom. The van der Waals surface area contributed by atoms with Crippen molar-refractivity contribution in [2.45, 2.75) is 31.1 Å². The molecule has 28 heavy (non-hydrogen) atoms. The smallest absolute Gasteiger partial charge is 0.286 e. The molecule has 1 spiro atoms. The molecule has 1 N–H and O–H groups in total. The zero-order chi connectivity index (χ0) is 19.1. The first-order valence-corrected chi connectivity index (χ1v) is 9.88. The number of benzene rings is 1. The van der Waals surface area contributed by atoms with E-state index in [1.165, 1.54) is 6.26 Å². The van der Waals surface area contributed by atoms with Crippen molar-refractivity contribution < 1.29 is 13.9 Å². The van der Waals surface area contributed by atoms with E-state index in [4.69, 9.17) is 14.4 Å². The van der Waals surface area contributed by atoms with Crippen LogP contribution in [0.25, 0.3) is 0 Å². The number of fused-ring (bicyclic) bond motifs is 1. The number of nitrogens with zero attached hydrogens (tertiary/aromatic N) is 2. The number of carbonyl (C=O) groups excluding carboxylic acids is 1. The van der Waals surface area contributed by atoms with Crippen LogP contribution in [0.1, 0.15) is 34.5 Å². The maximum absolute atomic E-state index is 12.2. The molecular formula is C22H23N3O3. The number of hydrogen-bond donors (Lipinski definition) is 1. The third-order valence-electron chi connectivity index (χ3n) is 6.56. The summed E-state index contributed by atoms with van der Waals surface area (Å²) in [6.45, 7) is 3.34. The zero-order valence-electron chi connectivity index (χ0n) is 15.6. The van der Waals surface area contributed by atoms with E-state index >= 15 is 0 Å². The van der Waals surface area contributed by atoms with Gasteiger partial charge >= 0.3 is 0 Å². The van der Waals surface area contributed by atoms with Gasteiger partial charge < -0.3 is 14.5 Å². The van der Waals surface area contributed by atoms with E-state index in [0.717, 1.165) is 38.0 Å². The lowest BCUT2D eigenvalue weighted by Gasteiger charge is -2.29. The Morgan fingerprint density at radius 2 is 2.29 bits per heavy atom. The first-order chi connectivity index (χ1) is 13.7. The molecule has 3 aliphatic heterocycles. The van der Waals surface area contributed by atoms with Gasteiger partial charge in [-0.25, -0.2) is 0 Å². The van der Waals surface area contributed by atoms with Gasteiger partial charge in [-0.2, -0.15) is 5.26 Å². The van der Waals surface area contributed by atoms with Crippen LogP contribution in [0.4, 0.5) is 0 Å². The zero-order valence-corrected chi connectivity index (χ0v) is 15.6. The fourth-order valence-corrected chi connectivity index (χ4v) is 5.38. The monoisotopic (exact) mass is 377 g/mol. The van der Waals surface area contributed by atoms with E-state index in [9.17, 15) is 4.79 Å². The minimum absolute atomic E-state index is 0.0718. The van der Waals surface area contributed by atoms with Gasteiger partial charge in [-0.05, 0) is 42.7 Å². The van der Waals surface area contributed by atoms with Crippen molar-refractivity contribution in [2.24, 2.45) is 11.8 Å². The summed E-state index contributed by atoms with van der Waals surface area (Å²) in [5, 5.41) is 12.2. The van der Waals surface area contributed by atoms with Crippen molar-refractivity contribution in [3.63, 3.8) is 0 Å². The predicted molar refractivity (Wildman–Crippen MR) is 101 cm³/mol. The largest absolute Gasteiger partial charge is 0.459 e. The normalized spacial score (nSPS) is 30.9. The third kappa shape index (κ3) is 2.92. The van der Waals surface area contributed by atoms with Crippen LogP contribution in [0.2, 0.25) is 0 Å². The highest BCUT2D eigenvalue weighted by Gasteiger charge is 2.62. The van der Waals surface area contributed by atoms with Gasteiger partial charge in [0, 0.05) is 38.0 Å². The molecule has 0 saturated carbocycles. The Bertz CT molecular complexity index is 919. The van der Waals surface area contributed by atoms with E-state index in [-0.39, 0.29) is 17.6 Å². The van der Waals surface area contributed by atoms with E-state index in [2.05, 4.69) is 22.4 Å². The summed E-state index contributed by atoms with van der Waals surface area (Å²) in [4.78, 5) is 14.7. The summed E-state index contributed by atoms with van der Waals surface area (Å²) in [5.41, 5.74) is 1.79. The maximum atomic E-state index is 12.2. The lowest BCUT2D eigenvalue weighted by molar-refractivity contribution is 0.00211. The minimum atomic E-state index is -0.162. The molecule has 1 aromatic heterocycles. The Kier molecular flexibility index (Phi) is 4.22. The number of likely N-dealkylation sites (tertiary alicyclic amines) is 1. The lowest BCUT2D eigenvalue weighted by Crippen LogP contribution is -2.41. The lowest BCUT2D eigenvalue weighted by atomic mass is 9.73. The van der Waals surface area contributed by atoms with Gasteiger partial charge in [-0.15, -0.1) is 0 Å². The second kappa shape index (κ2) is 6.77. The van der Waals surface area contributed by atoms with Crippen LogP contribution in [0.5, 0.6) is 0 Å². The molecule has 0 radical (unpaired) electrons. The fraction of sp³-hybridized carbons (Fsp3) is 0.455. The Balaban J connectivity index is 1.26. The molecule has 0 unspecified atom stereocenters. The van der Waals surface area contributed by atoms with E-state index in [1.807, 2.05) is 18.2 Å². The summed E-state index contributed by atoms with van der Waals surface area (Å²) < 4.78 is 11.6. The topological polar surface area (TPSA) is 78.5 Å². The number of ether oxygens (including phenoxy) is 1. The number of carbonyl (C=O) groups is 1. The third-order valence-corrected chi connectivity index (χ3v) is 6.56. The number of amides is 1. The van der Waals surface area contributed by atoms with Crippen molar-refractivity contribution in [3.05, 3.63) is 59.5 Å². The molecule has 4 atom stereocenters. The molecule has 4 heterocycles. The Labute approximate surface area is 164 Å². The highest BCUT2D eigenvalue weighted by molar-refractivity contribution is 5.91. The first-order valence-electron chi connectivity index (χ1n) is 9.88. The summed E-state index contributed by atoms with van der Waals surface area (Å²) in [6.07, 6.45) is 3.92. The maximum Gasteiger partial charge on any atom is 0.286 e. The van der Waals surface area contributed by atoms with Crippen LogP contribution in [-0.2, 0) is 11.3 Å². The molecule has 144 valence electrons. The van der Waals surface area contributed by atoms with Gasteiger partial charge in [0.15, 0.2) is 5.76 Å². The highest BCUT2D eigenvalue weighted by Crippen LogP contribution is 2.54. The molecule has 6 heteroatoms. The number of nitriles is 1. The Hall–Kier alpha value is -2.62. The van der Waals surface area contributed by atoms with Crippen LogP contribution < -0.4 is 5.32 Å². The van der Waals surface area contributed by atoms with Crippen LogP contribution in [0.3, 0.4) is 0 Å². The number of hydrogen-bond acceptors (Lipinski definition) is 5. The first kappa shape index (κ1) is 17.5. The number of nitrogens with one attached hydrogen (secondary N) is 1. The minimum Gasteiger partial charge on any atom is -0.459 e. The standard InChI is InChI=1S/C22H23N3O3/c23-10-15-3-1-4-16(9-15)12-25-13-18-17(19-6-7-22(18,14-25)28-19)11-24-21(26)20-5-2-8-27-20/h1-5,8-9,17-19H,6-7,11-14H2,(H,24,26)/t17-,18+,19+,22+/m0/s1. The van der Waals surface area contributed by atoms with Crippen LogP contribution >= 0.6 is 0 Å². The second-order valence-corrected chi connectivity index (χ2v) is 8.20. The predicted octanol–water partition coefficient (Wildman–Crippen LogP) is 2.56. The summed E-state index contributed by atoms with van der Waals surface area (Å²) in [7, 11) is 0. The van der Waals surface area contributed by atoms with Crippen molar-refractivity contribution in [1.29, 1.82) is 5.26 Å². The van der Waals surface area contributed by atoms with Crippen LogP contribution in [0, 0.1) is 23.2 Å². The van der Waals surface area contributed by atoms with E-state index in [1.54, 1.807) is 12.1 Å². The average molecular weight is 377 g/mol. The fourth-order valence-electron chi connectivity index (χ4n) is 5.38. The van der Waals surface area contributed by atoms with Crippen LogP contribution in [-0.4, -0.2) is 42.1 Å². The van der Waals surface area contributed by atoms with Gasteiger partial charge in [0.1, 0.15) is 0 Å². The van der Waals surface area contributed by atoms with Crippen molar-refractivity contribution in [2.75, 3.05) is 19.6 Å². The van der Waals surface area contributed by atoms with Crippen molar-refractivity contribution in [1.82, 2.24) is 10.2 Å². The second-order valence-electron chi connectivity index (χ2n) is 8.20. The molecule has 0 aliphatic carbocycles. The van der Waals surface area contributed by atoms with Crippen molar-refractivity contribution in [3.8, 4) is 6.07 Å². The van der Waals surface area contributed by atoms with Gasteiger partial charge in [-0.1, -0.05) is 12.1 Å².